The zero-order valence-electron chi connectivity index (χ0n) is 29.3. The lowest BCUT2D eigenvalue weighted by Gasteiger charge is -2.26. The predicted octanol–water partition coefficient (Wildman–Crippen LogP) is 14.1. The second-order valence-electron chi connectivity index (χ2n) is 13.8. The predicted molar refractivity (Wildman–Crippen MR) is 217 cm³/mol. The molecule has 0 N–H and O–H groups in total. The van der Waals surface area contributed by atoms with Crippen LogP contribution in [0, 0.1) is 27.7 Å². The van der Waals surface area contributed by atoms with Gasteiger partial charge in [0.15, 0.2) is 0 Å². The van der Waals surface area contributed by atoms with Crippen molar-refractivity contribution in [3.63, 3.8) is 0 Å². The van der Waals surface area contributed by atoms with Crippen LogP contribution in [0.3, 0.4) is 0 Å². The van der Waals surface area contributed by atoms with Gasteiger partial charge in [0.2, 0.25) is 0 Å². The second kappa shape index (κ2) is 12.2. The van der Waals surface area contributed by atoms with Crippen molar-refractivity contribution in [1.29, 1.82) is 0 Å². The summed E-state index contributed by atoms with van der Waals surface area (Å²) in [6.07, 6.45) is 0. The molecule has 246 valence electrons. The molecule has 0 spiro atoms. The Kier molecular flexibility index (Phi) is 7.36. The third kappa shape index (κ3) is 5.48. The zero-order valence-corrected chi connectivity index (χ0v) is 29.3. The van der Waals surface area contributed by atoms with Crippen molar-refractivity contribution in [2.24, 2.45) is 0 Å². The van der Waals surface area contributed by atoms with Gasteiger partial charge in [-0.1, -0.05) is 83.9 Å². The smallest absolute Gasteiger partial charge is 0.136 e. The largest absolute Gasteiger partial charge is 0.456 e. The Hall–Kier alpha value is -6.32. The molecular formula is C48H38N2O. The van der Waals surface area contributed by atoms with Crippen molar-refractivity contribution in [1.82, 2.24) is 0 Å². The standard InChI is InChI=1S/C48H38N2O/c1-31-11-17-37(18-12-31)49(39-9-5-7-33(3)27-39)41-21-23-43-35(29-41)15-25-45-47(43)48-44-24-22-42(30-36(44)16-26-46(48)51-45)50(38-19-13-32(2)14-20-38)40-10-6-8-34(4)28-40/h5-30H,1-4H3. The van der Waals surface area contributed by atoms with Crippen molar-refractivity contribution in [3.8, 4) is 0 Å². The van der Waals surface area contributed by atoms with Gasteiger partial charge in [-0.25, -0.2) is 0 Å². The van der Waals surface area contributed by atoms with E-state index in [-0.39, 0.29) is 0 Å². The first-order valence-electron chi connectivity index (χ1n) is 17.6. The van der Waals surface area contributed by atoms with E-state index >= 15 is 0 Å². The molecular weight excluding hydrogens is 621 g/mol. The molecule has 9 rings (SSSR count). The van der Waals surface area contributed by atoms with E-state index in [2.05, 4.69) is 195 Å². The summed E-state index contributed by atoms with van der Waals surface area (Å²) in [7, 11) is 0. The SMILES string of the molecule is Cc1ccc(N(c2cccc(C)c2)c2ccc3c(ccc4oc5ccc6cc(N(c7ccc(C)cc7)c7cccc(C)c7)ccc6c5c43)c2)cc1. The fourth-order valence-corrected chi connectivity index (χ4v) is 7.49. The third-order valence-electron chi connectivity index (χ3n) is 10.0. The van der Waals surface area contributed by atoms with E-state index in [4.69, 9.17) is 4.42 Å². The van der Waals surface area contributed by atoms with Crippen LogP contribution < -0.4 is 9.80 Å². The summed E-state index contributed by atoms with van der Waals surface area (Å²) < 4.78 is 6.53. The molecule has 0 amide bonds. The maximum atomic E-state index is 6.53. The normalized spacial score (nSPS) is 11.5. The molecule has 0 saturated carbocycles. The Bertz CT molecular complexity index is 2550. The quantitative estimate of drug-likeness (QED) is 0.177. The molecule has 0 aliphatic heterocycles. The highest BCUT2D eigenvalue weighted by Crippen LogP contribution is 2.43. The first-order valence-corrected chi connectivity index (χ1v) is 17.6. The van der Waals surface area contributed by atoms with Crippen molar-refractivity contribution in [2.45, 2.75) is 27.7 Å². The van der Waals surface area contributed by atoms with Crippen LogP contribution in [-0.2, 0) is 0 Å². The molecule has 0 aliphatic rings. The minimum Gasteiger partial charge on any atom is -0.456 e. The van der Waals surface area contributed by atoms with Crippen LogP contribution in [-0.4, -0.2) is 0 Å². The van der Waals surface area contributed by atoms with Crippen LogP contribution in [0.15, 0.2) is 162 Å². The van der Waals surface area contributed by atoms with Crippen molar-refractivity contribution < 1.29 is 4.42 Å². The minimum atomic E-state index is 0.900. The Balaban J connectivity index is 1.21. The van der Waals surface area contributed by atoms with E-state index in [1.54, 1.807) is 0 Å². The molecule has 1 aromatic heterocycles. The molecule has 0 radical (unpaired) electrons. The highest BCUT2D eigenvalue weighted by atomic mass is 16.3. The molecule has 9 aromatic rings. The monoisotopic (exact) mass is 658 g/mol. The second-order valence-corrected chi connectivity index (χ2v) is 13.8. The average molecular weight is 659 g/mol. The first-order chi connectivity index (χ1) is 24.9. The number of hydrogen-bond donors (Lipinski definition) is 0. The van der Waals surface area contributed by atoms with Gasteiger partial charge >= 0.3 is 0 Å². The highest BCUT2D eigenvalue weighted by Gasteiger charge is 2.19. The van der Waals surface area contributed by atoms with E-state index in [1.807, 2.05) is 0 Å². The van der Waals surface area contributed by atoms with E-state index in [9.17, 15) is 0 Å². The van der Waals surface area contributed by atoms with E-state index < -0.39 is 0 Å². The van der Waals surface area contributed by atoms with Crippen LogP contribution in [0.5, 0.6) is 0 Å². The first kappa shape index (κ1) is 30.7. The molecule has 0 bridgehead atoms. The van der Waals surface area contributed by atoms with E-state index in [1.165, 1.54) is 43.8 Å². The average Bonchev–Trinajstić information content (AvgIpc) is 3.53. The van der Waals surface area contributed by atoms with Crippen molar-refractivity contribution >= 4 is 77.6 Å². The number of furan rings is 1. The van der Waals surface area contributed by atoms with Gasteiger partial charge in [0.25, 0.3) is 0 Å². The fourth-order valence-electron chi connectivity index (χ4n) is 7.49. The molecule has 8 aromatic carbocycles. The summed E-state index contributed by atoms with van der Waals surface area (Å²) in [5.74, 6) is 0. The van der Waals surface area contributed by atoms with Crippen LogP contribution >= 0.6 is 0 Å². The molecule has 0 atom stereocenters. The number of benzene rings is 8. The Morgan fingerprint density at radius 3 is 1.14 bits per heavy atom. The van der Waals surface area contributed by atoms with Gasteiger partial charge in [-0.2, -0.15) is 0 Å². The van der Waals surface area contributed by atoms with Crippen LogP contribution in [0.25, 0.3) is 43.5 Å². The van der Waals surface area contributed by atoms with Crippen LogP contribution in [0.1, 0.15) is 22.3 Å². The molecule has 51 heavy (non-hydrogen) atoms. The number of aryl methyl sites for hydroxylation is 4. The molecule has 3 heteroatoms. The minimum absolute atomic E-state index is 0.900. The lowest BCUT2D eigenvalue weighted by molar-refractivity contribution is 0.669. The summed E-state index contributed by atoms with van der Waals surface area (Å²) in [5.41, 5.74) is 13.5. The molecule has 0 unspecified atom stereocenters. The summed E-state index contributed by atoms with van der Waals surface area (Å²) >= 11 is 0. The van der Waals surface area contributed by atoms with E-state index in [0.717, 1.165) is 56.1 Å². The number of rotatable bonds is 6. The summed E-state index contributed by atoms with van der Waals surface area (Å²) in [5, 5.41) is 7.01. The molecule has 1 heterocycles. The Morgan fingerprint density at radius 2 is 0.725 bits per heavy atom. The van der Waals surface area contributed by atoms with Gasteiger partial charge < -0.3 is 14.2 Å². The van der Waals surface area contributed by atoms with Gasteiger partial charge in [0, 0.05) is 44.9 Å². The van der Waals surface area contributed by atoms with E-state index in [0.29, 0.717) is 0 Å². The zero-order chi connectivity index (χ0) is 34.6. The number of fused-ring (bicyclic) bond motifs is 7. The molecule has 0 saturated heterocycles. The van der Waals surface area contributed by atoms with Crippen molar-refractivity contribution in [2.75, 3.05) is 9.80 Å². The maximum absolute atomic E-state index is 6.53. The highest BCUT2D eigenvalue weighted by molar-refractivity contribution is 6.26. The lowest BCUT2D eigenvalue weighted by Crippen LogP contribution is -2.10. The maximum Gasteiger partial charge on any atom is 0.136 e. The van der Waals surface area contributed by atoms with Crippen LogP contribution in [0.4, 0.5) is 34.1 Å². The summed E-state index contributed by atoms with van der Waals surface area (Å²) in [4.78, 5) is 4.68. The number of anilines is 6. The third-order valence-corrected chi connectivity index (χ3v) is 10.0. The molecule has 0 aliphatic carbocycles. The number of nitrogens with zero attached hydrogens (tertiary/aromatic N) is 2. The van der Waals surface area contributed by atoms with Gasteiger partial charge in [-0.3, -0.25) is 0 Å². The lowest BCUT2D eigenvalue weighted by atomic mass is 9.98. The Morgan fingerprint density at radius 1 is 0.333 bits per heavy atom. The van der Waals surface area contributed by atoms with Crippen LogP contribution in [0.2, 0.25) is 0 Å². The van der Waals surface area contributed by atoms with Gasteiger partial charge in [0.05, 0.1) is 0 Å². The summed E-state index contributed by atoms with van der Waals surface area (Å²) in [6.45, 7) is 8.56. The molecule has 0 fully saturated rings. The Labute approximate surface area is 298 Å². The molecule has 3 nitrogen and oxygen atoms in total. The summed E-state index contributed by atoms with van der Waals surface area (Å²) in [6, 6.07) is 57.2. The topological polar surface area (TPSA) is 19.6 Å². The fraction of sp³-hybridized carbons (Fsp3) is 0.0833. The van der Waals surface area contributed by atoms with Gasteiger partial charge in [-0.15, -0.1) is 0 Å². The number of hydrogen-bond acceptors (Lipinski definition) is 3. The van der Waals surface area contributed by atoms with Gasteiger partial charge in [-0.05, 0) is 145 Å². The van der Waals surface area contributed by atoms with Gasteiger partial charge in [0.1, 0.15) is 11.2 Å². The van der Waals surface area contributed by atoms with Crippen molar-refractivity contribution in [3.05, 3.63) is 180 Å².